The number of aromatic nitrogens is 4. The number of pyridine rings is 2. The molecule has 3 rings (SSSR count). The summed E-state index contributed by atoms with van der Waals surface area (Å²) in [7, 11) is 0. The molecule has 0 atom stereocenters. The van der Waals surface area contributed by atoms with Gasteiger partial charge in [-0.2, -0.15) is 5.10 Å². The quantitative estimate of drug-likeness (QED) is 0.691. The Labute approximate surface area is 144 Å². The van der Waals surface area contributed by atoms with Crippen LogP contribution in [0.2, 0.25) is 5.02 Å². The van der Waals surface area contributed by atoms with Gasteiger partial charge in [-0.25, -0.2) is 14.3 Å². The molecule has 0 saturated heterocycles. The minimum atomic E-state index is -0.298. The van der Waals surface area contributed by atoms with Crippen molar-refractivity contribution in [3.63, 3.8) is 0 Å². The molecule has 0 unspecified atom stereocenters. The summed E-state index contributed by atoms with van der Waals surface area (Å²) in [5.74, 6) is 0. The Kier molecular flexibility index (Phi) is 5.63. The molecule has 3 heterocycles. The summed E-state index contributed by atoms with van der Waals surface area (Å²) >= 11 is 6.03. The van der Waals surface area contributed by atoms with E-state index in [-0.39, 0.29) is 18.1 Å². The predicted molar refractivity (Wildman–Crippen MR) is 93.9 cm³/mol. The molecule has 0 radical (unpaired) electrons. The lowest BCUT2D eigenvalue weighted by atomic mass is 10.1. The third-order valence-corrected chi connectivity index (χ3v) is 3.61. The van der Waals surface area contributed by atoms with Gasteiger partial charge in [-0.1, -0.05) is 11.6 Å². The Hall–Kier alpha value is -2.05. The first-order chi connectivity index (χ1) is 10.6. The van der Waals surface area contributed by atoms with Crippen LogP contribution in [0.15, 0.2) is 35.4 Å². The SMILES string of the molecule is Cc1cc(CCCNc2cc(Cl)cn3c(=O)[nH]nc23)ccn1.Cl. The van der Waals surface area contributed by atoms with Crippen LogP contribution in [-0.4, -0.2) is 26.1 Å². The Morgan fingerprint density at radius 2 is 2.22 bits per heavy atom. The molecule has 0 aliphatic heterocycles. The number of hydrogen-bond acceptors (Lipinski definition) is 4. The third kappa shape index (κ3) is 4.03. The largest absolute Gasteiger partial charge is 0.382 e. The number of hydrogen-bond donors (Lipinski definition) is 2. The van der Waals surface area contributed by atoms with Crippen molar-refractivity contribution in [3.05, 3.63) is 57.4 Å². The molecule has 0 aliphatic rings. The molecule has 8 heteroatoms. The van der Waals surface area contributed by atoms with E-state index >= 15 is 0 Å². The van der Waals surface area contributed by atoms with Crippen molar-refractivity contribution in [1.82, 2.24) is 19.6 Å². The molecule has 0 aromatic carbocycles. The summed E-state index contributed by atoms with van der Waals surface area (Å²) in [5, 5.41) is 10.2. The predicted octanol–water partition coefficient (Wildman–Crippen LogP) is 2.85. The normalized spacial score (nSPS) is 10.5. The highest BCUT2D eigenvalue weighted by Crippen LogP contribution is 2.19. The zero-order valence-corrected chi connectivity index (χ0v) is 14.1. The highest BCUT2D eigenvalue weighted by Gasteiger charge is 2.07. The van der Waals surface area contributed by atoms with Crippen LogP contribution >= 0.6 is 24.0 Å². The van der Waals surface area contributed by atoms with E-state index in [2.05, 4.69) is 26.6 Å². The zero-order chi connectivity index (χ0) is 15.5. The van der Waals surface area contributed by atoms with Crippen molar-refractivity contribution in [2.45, 2.75) is 19.8 Å². The Morgan fingerprint density at radius 1 is 1.39 bits per heavy atom. The molecule has 0 amide bonds. The van der Waals surface area contributed by atoms with Crippen molar-refractivity contribution in [2.75, 3.05) is 11.9 Å². The van der Waals surface area contributed by atoms with E-state index < -0.39 is 0 Å². The van der Waals surface area contributed by atoms with Crippen LogP contribution in [0.25, 0.3) is 5.65 Å². The van der Waals surface area contributed by atoms with E-state index in [0.29, 0.717) is 10.7 Å². The number of anilines is 1. The average Bonchev–Trinajstić information content (AvgIpc) is 2.85. The summed E-state index contributed by atoms with van der Waals surface area (Å²) in [5.41, 5.74) is 3.29. The van der Waals surface area contributed by atoms with E-state index in [1.807, 2.05) is 19.2 Å². The Bertz CT molecular complexity index is 858. The molecule has 2 N–H and O–H groups in total. The molecule has 0 saturated carbocycles. The molecule has 3 aromatic heterocycles. The van der Waals surface area contributed by atoms with Crippen molar-refractivity contribution >= 4 is 35.3 Å². The zero-order valence-electron chi connectivity index (χ0n) is 12.5. The monoisotopic (exact) mass is 353 g/mol. The van der Waals surface area contributed by atoms with Gasteiger partial charge in [0.05, 0.1) is 10.7 Å². The summed E-state index contributed by atoms with van der Waals surface area (Å²) in [6, 6.07) is 5.89. The minimum Gasteiger partial charge on any atom is -0.382 e. The van der Waals surface area contributed by atoms with Gasteiger partial charge in [-0.05, 0) is 43.5 Å². The van der Waals surface area contributed by atoms with Gasteiger partial charge in [0, 0.05) is 24.6 Å². The number of H-pyrrole nitrogens is 1. The number of aryl methyl sites for hydroxylation is 2. The maximum Gasteiger partial charge on any atom is 0.347 e. The molecule has 0 bridgehead atoms. The summed E-state index contributed by atoms with van der Waals surface area (Å²) in [6.45, 7) is 2.75. The van der Waals surface area contributed by atoms with Crippen LogP contribution in [0.3, 0.4) is 0 Å². The van der Waals surface area contributed by atoms with E-state index in [4.69, 9.17) is 11.6 Å². The molecule has 6 nitrogen and oxygen atoms in total. The fourth-order valence-electron chi connectivity index (χ4n) is 2.38. The second-order valence-electron chi connectivity index (χ2n) is 5.13. The smallest absolute Gasteiger partial charge is 0.347 e. The van der Waals surface area contributed by atoms with Gasteiger partial charge in [0.25, 0.3) is 0 Å². The van der Waals surface area contributed by atoms with Crippen LogP contribution in [-0.2, 0) is 6.42 Å². The van der Waals surface area contributed by atoms with Crippen LogP contribution in [0.5, 0.6) is 0 Å². The maximum absolute atomic E-state index is 11.6. The Morgan fingerprint density at radius 3 is 3.00 bits per heavy atom. The topological polar surface area (TPSA) is 75.1 Å². The molecule has 0 fully saturated rings. The van der Waals surface area contributed by atoms with Crippen molar-refractivity contribution < 1.29 is 0 Å². The first-order valence-corrected chi connectivity index (χ1v) is 7.43. The molecule has 0 spiro atoms. The van der Waals surface area contributed by atoms with Crippen LogP contribution in [0.1, 0.15) is 17.7 Å². The van der Waals surface area contributed by atoms with E-state index in [0.717, 1.165) is 30.8 Å². The number of aromatic amines is 1. The molecule has 0 aliphatic carbocycles. The van der Waals surface area contributed by atoms with E-state index in [9.17, 15) is 4.79 Å². The molecule has 3 aromatic rings. The van der Waals surface area contributed by atoms with E-state index in [1.165, 1.54) is 9.96 Å². The lowest BCUT2D eigenvalue weighted by molar-refractivity contribution is 0.858. The van der Waals surface area contributed by atoms with E-state index in [1.54, 1.807) is 12.3 Å². The number of nitrogens with one attached hydrogen (secondary N) is 2. The van der Waals surface area contributed by atoms with Gasteiger partial charge in [0.15, 0.2) is 5.65 Å². The summed E-state index contributed by atoms with van der Waals surface area (Å²) < 4.78 is 1.40. The van der Waals surface area contributed by atoms with Gasteiger partial charge < -0.3 is 5.32 Å². The average molecular weight is 354 g/mol. The molecular formula is C15H17Cl2N5O. The van der Waals surface area contributed by atoms with Crippen LogP contribution in [0.4, 0.5) is 5.69 Å². The molecular weight excluding hydrogens is 337 g/mol. The molecule has 122 valence electrons. The first-order valence-electron chi connectivity index (χ1n) is 7.05. The standard InChI is InChI=1S/C15H16ClN5O.ClH/c1-10-7-11(4-6-17-10)3-2-5-18-13-8-12(16)9-21-14(13)19-20-15(21)22;/h4,6-9,18H,2-3,5H2,1H3,(H,20,22);1H. The number of rotatable bonds is 5. The Balaban J connectivity index is 0.00000192. The minimum absolute atomic E-state index is 0. The highest BCUT2D eigenvalue weighted by atomic mass is 35.5. The second kappa shape index (κ2) is 7.48. The van der Waals surface area contributed by atoms with Crippen molar-refractivity contribution in [3.8, 4) is 0 Å². The lowest BCUT2D eigenvalue weighted by Gasteiger charge is -2.08. The van der Waals surface area contributed by atoms with Gasteiger partial charge >= 0.3 is 5.69 Å². The number of halogens is 2. The summed E-state index contributed by atoms with van der Waals surface area (Å²) in [6.07, 6.45) is 5.29. The van der Waals surface area contributed by atoms with Crippen molar-refractivity contribution in [2.24, 2.45) is 0 Å². The fourth-order valence-corrected chi connectivity index (χ4v) is 2.59. The third-order valence-electron chi connectivity index (χ3n) is 3.40. The van der Waals surface area contributed by atoms with Gasteiger partial charge in [0.1, 0.15) is 0 Å². The van der Waals surface area contributed by atoms with Crippen LogP contribution < -0.4 is 11.0 Å². The molecule has 23 heavy (non-hydrogen) atoms. The second-order valence-corrected chi connectivity index (χ2v) is 5.57. The summed E-state index contributed by atoms with van der Waals surface area (Å²) in [4.78, 5) is 15.8. The van der Waals surface area contributed by atoms with Crippen molar-refractivity contribution in [1.29, 1.82) is 0 Å². The number of fused-ring (bicyclic) bond motifs is 1. The van der Waals surface area contributed by atoms with Gasteiger partial charge in [-0.3, -0.25) is 4.98 Å². The van der Waals surface area contributed by atoms with Crippen LogP contribution in [0, 0.1) is 6.92 Å². The fraction of sp³-hybridized carbons (Fsp3) is 0.267. The van der Waals surface area contributed by atoms with Gasteiger partial charge in [0.2, 0.25) is 0 Å². The first kappa shape index (κ1) is 17.3. The number of nitrogens with zero attached hydrogens (tertiary/aromatic N) is 3. The maximum atomic E-state index is 11.6. The van der Waals surface area contributed by atoms with Gasteiger partial charge in [-0.15, -0.1) is 12.4 Å². The lowest BCUT2D eigenvalue weighted by Crippen LogP contribution is -2.10. The highest BCUT2D eigenvalue weighted by molar-refractivity contribution is 6.30.